The van der Waals surface area contributed by atoms with Crippen molar-refractivity contribution < 1.29 is 86.9 Å². The highest BCUT2D eigenvalue weighted by Gasteiger charge is 2.43. The number of nitrogens with one attached hydrogen (secondary N) is 14. The quantitative estimate of drug-likeness (QED) is 0.0104. The molecule has 2 saturated heterocycles. The maximum atomic E-state index is 15.1. The van der Waals surface area contributed by atoms with Crippen LogP contribution in [0.3, 0.4) is 0 Å². The summed E-state index contributed by atoms with van der Waals surface area (Å²) in [6.45, 7) is 8.08. The molecule has 2 aromatic heterocycles. The van der Waals surface area contributed by atoms with Crippen LogP contribution in [0.1, 0.15) is 169 Å². The number of unbranched alkanes of at least 4 members (excludes halogenated alkanes) is 1. The summed E-state index contributed by atoms with van der Waals surface area (Å²) >= 11 is 0. The van der Waals surface area contributed by atoms with Gasteiger partial charge in [-0.1, -0.05) is 132 Å². The second kappa shape index (κ2) is 48.6. The summed E-state index contributed by atoms with van der Waals surface area (Å²) in [4.78, 5) is 237. The summed E-state index contributed by atoms with van der Waals surface area (Å²) < 4.78 is 0. The molecule has 0 bridgehead atoms. The van der Waals surface area contributed by atoms with Crippen molar-refractivity contribution in [2.75, 3.05) is 26.2 Å². The fourth-order valence-electron chi connectivity index (χ4n) is 15.2. The number of rotatable bonds is 50. The van der Waals surface area contributed by atoms with Crippen LogP contribution in [0.4, 0.5) is 0 Å². The summed E-state index contributed by atoms with van der Waals surface area (Å²) in [5.41, 5.74) is 27.0. The number of aromatic amines is 2. The van der Waals surface area contributed by atoms with Crippen molar-refractivity contribution in [2.24, 2.45) is 34.8 Å². The third kappa shape index (κ3) is 30.6. The van der Waals surface area contributed by atoms with E-state index < -0.39 is 193 Å². The third-order valence-corrected chi connectivity index (χ3v) is 21.9. The molecule has 2 aliphatic heterocycles. The maximum Gasteiger partial charge on any atom is 0.326 e. The van der Waals surface area contributed by atoms with Gasteiger partial charge in [0.05, 0.1) is 18.9 Å². The molecule has 12 atom stereocenters. The van der Waals surface area contributed by atoms with Crippen molar-refractivity contribution in [2.45, 2.75) is 229 Å². The van der Waals surface area contributed by atoms with E-state index >= 15 is 4.79 Å². The fourth-order valence-corrected chi connectivity index (χ4v) is 15.2. The van der Waals surface area contributed by atoms with E-state index in [0.29, 0.717) is 47.2 Å². The molecule has 0 unspecified atom stereocenters. The molecule has 127 heavy (non-hydrogen) atoms. The number of ketones is 1. The molecule has 0 aliphatic carbocycles. The predicted octanol–water partition coefficient (Wildman–Crippen LogP) is 0.0482. The number of likely N-dealkylation sites (tertiary alicyclic amines) is 2. The molecule has 0 spiro atoms. The number of fused-ring (bicyclic) bond motifs is 1. The number of aromatic hydroxyl groups is 1. The van der Waals surface area contributed by atoms with Gasteiger partial charge in [-0.05, 0) is 124 Å². The van der Waals surface area contributed by atoms with Crippen LogP contribution in [-0.4, -0.2) is 234 Å². The molecule has 14 amide bonds. The number of nitrogens with two attached hydrogens (primary N) is 4. The van der Waals surface area contributed by atoms with Gasteiger partial charge in [-0.2, -0.15) is 0 Å². The number of imidazole rings is 1. The first-order valence-corrected chi connectivity index (χ1v) is 42.8. The number of phenols is 1. The molecule has 4 aromatic carbocycles. The number of carboxylic acid groups (broad SMARTS) is 1. The van der Waals surface area contributed by atoms with Gasteiger partial charge in [0, 0.05) is 91.9 Å². The number of hydrogen-bond acceptors (Lipinski definition) is 20. The van der Waals surface area contributed by atoms with Crippen molar-refractivity contribution >= 4 is 111 Å². The number of aromatic nitrogens is 3. The predicted molar refractivity (Wildman–Crippen MR) is 466 cm³/mol. The van der Waals surface area contributed by atoms with E-state index in [0.717, 1.165) is 16.5 Å². The van der Waals surface area contributed by atoms with Crippen molar-refractivity contribution in [1.29, 1.82) is 5.41 Å². The van der Waals surface area contributed by atoms with E-state index in [9.17, 15) is 82.1 Å². The Morgan fingerprint density at radius 3 is 1.54 bits per heavy atom. The van der Waals surface area contributed by atoms with Crippen LogP contribution >= 0.6 is 0 Å². The van der Waals surface area contributed by atoms with Crippen LogP contribution in [0.5, 0.6) is 5.75 Å². The number of carbonyl (C=O) groups is 16. The highest BCUT2D eigenvalue weighted by molar-refractivity contribution is 6.09. The summed E-state index contributed by atoms with van der Waals surface area (Å²) in [5.74, 6) is -14.6. The topological polar surface area (TPSA) is 625 Å². The molecule has 6 aromatic rings. The van der Waals surface area contributed by atoms with Crippen LogP contribution in [0.25, 0.3) is 10.9 Å². The number of aliphatic carboxylic acids is 1. The van der Waals surface area contributed by atoms with E-state index in [1.165, 1.54) is 46.6 Å². The van der Waals surface area contributed by atoms with Crippen molar-refractivity contribution in [3.05, 3.63) is 155 Å². The fraction of sp³-hybridized carbons (Fsp3) is 0.477. The molecule has 24 N–H and O–H groups in total. The molecule has 8 rings (SSSR count). The number of carboxylic acids is 1. The van der Waals surface area contributed by atoms with Crippen LogP contribution in [0, 0.1) is 17.2 Å². The molecule has 2 aliphatic rings. The lowest BCUT2D eigenvalue weighted by Crippen LogP contribution is -2.61. The number of primary amides is 2. The summed E-state index contributed by atoms with van der Waals surface area (Å²) in [7, 11) is 0. The molecule has 39 heteroatoms. The van der Waals surface area contributed by atoms with Gasteiger partial charge in [-0.3, -0.25) is 77.3 Å². The SMILES string of the molecule is CCCC[C@H](NC(=O)[C@@H]1CCCN1C(=O)[C@H](CCC(N)=O)NC(=O)CNC(=O)[C@@H]1CCCN1C(=O)[C@H](CCCNC(=N)N)NC(=O)[C@H](CC(C)C)NC(=O)[C@H](CCC(N)=O)NC(=O)[C@H](CC(C)C)NC(=O)[C@H](Cc1ccc(C(=O)c2ccccc2)cc1)NC(=O)[C@H](Cc1cnc[nH]1)NC(=O)[C@@H](N)Cc1c[nH]c2ccccc12)C(=O)N[C@@H](Cc1ccc(O)cc1)C(=O)O. The van der Waals surface area contributed by atoms with Crippen LogP contribution < -0.4 is 81.4 Å². The van der Waals surface area contributed by atoms with Gasteiger partial charge in [-0.15, -0.1) is 0 Å². The number of amides is 14. The van der Waals surface area contributed by atoms with Gasteiger partial charge >= 0.3 is 5.97 Å². The van der Waals surface area contributed by atoms with Crippen LogP contribution in [0.15, 0.2) is 122 Å². The number of carbonyl (C=O) groups excluding carboxylic acids is 15. The Morgan fingerprint density at radius 2 is 0.976 bits per heavy atom. The first kappa shape index (κ1) is 98.8. The molecular weight excluding hydrogens is 1640 g/mol. The number of nitrogens with zero attached hydrogens (tertiary/aromatic N) is 3. The minimum atomic E-state index is -1.64. The number of phenolic OH excluding ortho intramolecular Hbond substituents is 1. The zero-order valence-electron chi connectivity index (χ0n) is 72.0. The summed E-state index contributed by atoms with van der Waals surface area (Å²) in [6.07, 6.45) is 4.12. The van der Waals surface area contributed by atoms with E-state index in [1.54, 1.807) is 88.5 Å². The van der Waals surface area contributed by atoms with Crippen molar-refractivity contribution in [1.82, 2.24) is 83.2 Å². The molecule has 0 saturated carbocycles. The normalized spacial score (nSPS) is 16.0. The van der Waals surface area contributed by atoms with Crippen LogP contribution in [-0.2, 0) is 97.6 Å². The van der Waals surface area contributed by atoms with Crippen molar-refractivity contribution in [3.8, 4) is 5.75 Å². The first-order chi connectivity index (χ1) is 60.5. The number of benzene rings is 4. The summed E-state index contributed by atoms with van der Waals surface area (Å²) in [5, 5.41) is 57.6. The highest BCUT2D eigenvalue weighted by Crippen LogP contribution is 2.25. The molecular formula is C88H119N21O18. The number of guanidine groups is 1. The average Bonchev–Trinajstić information content (AvgIpc) is 1.69. The van der Waals surface area contributed by atoms with E-state index in [-0.39, 0.29) is 126 Å². The second-order valence-corrected chi connectivity index (χ2v) is 32.9. The third-order valence-electron chi connectivity index (χ3n) is 21.9. The monoisotopic (exact) mass is 1760 g/mol. The molecule has 4 heterocycles. The Balaban J connectivity index is 0.954. The highest BCUT2D eigenvalue weighted by atomic mass is 16.4. The lowest BCUT2D eigenvalue weighted by molar-refractivity contribution is -0.144. The number of hydrogen-bond donors (Lipinski definition) is 20. The van der Waals surface area contributed by atoms with Gasteiger partial charge in [0.1, 0.15) is 72.2 Å². The lowest BCUT2D eigenvalue weighted by atomic mass is 9.98. The van der Waals surface area contributed by atoms with E-state index in [1.807, 2.05) is 31.2 Å². The zero-order chi connectivity index (χ0) is 92.6. The number of H-pyrrole nitrogens is 2. The Hall–Kier alpha value is -13.6. The smallest absolute Gasteiger partial charge is 0.326 e. The minimum Gasteiger partial charge on any atom is -0.508 e. The molecule has 39 nitrogen and oxygen atoms in total. The van der Waals surface area contributed by atoms with Gasteiger partial charge < -0.3 is 111 Å². The van der Waals surface area contributed by atoms with Gasteiger partial charge in [0.25, 0.3) is 0 Å². The Bertz CT molecular complexity index is 4830. The Labute approximate surface area is 734 Å². The van der Waals surface area contributed by atoms with E-state index in [4.69, 9.17) is 28.3 Å². The Morgan fingerprint density at radius 1 is 0.504 bits per heavy atom. The molecule has 684 valence electrons. The Kier molecular flexibility index (Phi) is 37.8. The average molecular weight is 1760 g/mol. The minimum absolute atomic E-state index is 0.0102. The largest absolute Gasteiger partial charge is 0.508 e. The van der Waals surface area contributed by atoms with Gasteiger partial charge in [-0.25, -0.2) is 9.78 Å². The second-order valence-electron chi connectivity index (χ2n) is 32.9. The van der Waals surface area contributed by atoms with Gasteiger partial charge in [0.15, 0.2) is 11.7 Å². The number of para-hydroxylation sites is 1. The zero-order valence-corrected chi connectivity index (χ0v) is 72.0. The van der Waals surface area contributed by atoms with Gasteiger partial charge in [0.2, 0.25) is 82.7 Å². The first-order valence-electron chi connectivity index (χ1n) is 42.8. The van der Waals surface area contributed by atoms with E-state index in [2.05, 4.69) is 73.4 Å². The van der Waals surface area contributed by atoms with Crippen molar-refractivity contribution in [3.63, 3.8) is 0 Å². The standard InChI is InChI=1S/C88H119N21O18/c1-6-7-19-61(77(116)107-69(87(126)127)42-52-26-30-57(110)31-27-52)101-84(123)71-23-15-38-109(71)86(125)64(33-35-73(91)112)99-74(113)47-97-83(122)70-22-14-37-108(70)85(124)63(21-13-36-95-88(92)93)102-80(119)66(40-50(4)5)104-78(117)62(32-34-72(90)111)100-79(118)65(39-49(2)3)105-81(120)67(41-51-24-28-54(29-25-51)75(114)53-16-9-8-10-17-53)106-82(121)68(44-56-46-94-48-98-56)103-76(115)59(89)43-55-45-96-60-20-12-11-18-58(55)60/h8-12,16-18,20,24-31,45-46,48-50,59,61-71,96,110H,6-7,13-15,19,21-23,32-44,47,89H2,1-5H3,(H2,90,111)(H2,91,112)(H,94,98)(H,97,122)(H,99,113)(H,100,118)(H,101,123)(H,102,119)(H,103,115)(H,104,117)(H,105,120)(H,106,121)(H,107,116)(H,126,127)(H4,92,93,95)/t59-,61-,62-,63-,64-,65-,66-,67-,68-,69-,70-,71-/m0/s1. The molecule has 2 fully saturated rings. The lowest BCUT2D eigenvalue weighted by Gasteiger charge is -2.31. The maximum absolute atomic E-state index is 15.1. The molecule has 0 radical (unpaired) electrons. The summed E-state index contributed by atoms with van der Waals surface area (Å²) in [6, 6.07) is 11.3. The van der Waals surface area contributed by atoms with Crippen LogP contribution in [0.2, 0.25) is 0 Å².